The Kier molecular flexibility index (Phi) is 2.82. The van der Waals surface area contributed by atoms with Gasteiger partial charge in [0, 0.05) is 5.56 Å². The molecule has 0 fully saturated rings. The van der Waals surface area contributed by atoms with E-state index in [4.69, 9.17) is 0 Å². The molecule has 0 saturated carbocycles. The molecule has 2 heterocycles. The van der Waals surface area contributed by atoms with Crippen LogP contribution in [0.3, 0.4) is 0 Å². The molecule has 74 valence electrons. The van der Waals surface area contributed by atoms with E-state index >= 15 is 0 Å². The van der Waals surface area contributed by atoms with E-state index < -0.39 is 0 Å². The van der Waals surface area contributed by atoms with Crippen molar-refractivity contribution in [2.75, 3.05) is 0 Å². The van der Waals surface area contributed by atoms with Gasteiger partial charge in [0.05, 0.1) is 29.3 Å². The lowest BCUT2D eigenvalue weighted by molar-refractivity contribution is -0.123. The molecule has 0 aliphatic carbocycles. The number of fused-ring (bicyclic) bond motifs is 1. The number of halogens is 2. The van der Waals surface area contributed by atoms with E-state index in [0.29, 0.717) is 9.39 Å². The highest BCUT2D eigenvalue weighted by Crippen LogP contribution is 2.27. The van der Waals surface area contributed by atoms with Gasteiger partial charge in [-0.25, -0.2) is 7.57 Å². The lowest BCUT2D eigenvalue weighted by atomic mass is 10.1. The van der Waals surface area contributed by atoms with E-state index in [0.717, 1.165) is 8.68 Å². The summed E-state index contributed by atoms with van der Waals surface area (Å²) in [4.78, 5) is 23.1. The number of hydrogen-bond acceptors (Lipinski definition) is 3. The maximum absolute atomic E-state index is 11.7. The summed E-state index contributed by atoms with van der Waals surface area (Å²) in [5, 5.41) is 4.08. The second-order valence-electron chi connectivity index (χ2n) is 2.72. The molecule has 8 heteroatoms. The quantitative estimate of drug-likeness (QED) is 0.265. The van der Waals surface area contributed by atoms with Gasteiger partial charge in [0.25, 0.3) is 5.91 Å². The van der Waals surface area contributed by atoms with Gasteiger partial charge in [-0.3, -0.25) is 9.59 Å². The summed E-state index contributed by atoms with van der Waals surface area (Å²) in [6, 6.07) is 0. The Morgan fingerprint density at radius 2 is 2.07 bits per heavy atom. The Balaban J connectivity index is 2.64. The largest absolute Gasteiger partial charge is 0.288 e. The molecule has 1 aliphatic rings. The van der Waals surface area contributed by atoms with Crippen LogP contribution >= 0.6 is 54.8 Å². The van der Waals surface area contributed by atoms with Crippen LogP contribution < -0.4 is 0 Å². The maximum atomic E-state index is 11.7. The number of hydrogen-bond donors (Lipinski definition) is 0. The maximum Gasteiger partial charge on any atom is 0.288 e. The SMILES string of the molecule is O=C1Cc2c(I)nn(P)c2C(=O)N1I. The van der Waals surface area contributed by atoms with Crippen LogP contribution in [0.25, 0.3) is 0 Å². The highest BCUT2D eigenvalue weighted by atomic mass is 127. The monoisotopic (exact) mass is 435 g/mol. The molecule has 1 aromatic heterocycles. The summed E-state index contributed by atoms with van der Waals surface area (Å²) in [7, 11) is 2.34. The molecule has 2 amide bonds. The molecular weight excluding hydrogens is 431 g/mol. The van der Waals surface area contributed by atoms with E-state index in [2.05, 4.69) is 14.5 Å². The van der Waals surface area contributed by atoms with Crippen molar-refractivity contribution in [1.29, 1.82) is 0 Å². The number of carbonyl (C=O) groups excluding carboxylic acids is 2. The molecule has 1 aromatic rings. The van der Waals surface area contributed by atoms with Crippen LogP contribution in [0.5, 0.6) is 0 Å². The summed E-state index contributed by atoms with van der Waals surface area (Å²) in [5.74, 6) is -0.499. The summed E-state index contributed by atoms with van der Waals surface area (Å²) in [6.45, 7) is 0. The van der Waals surface area contributed by atoms with Crippen molar-refractivity contribution in [3.8, 4) is 0 Å². The predicted octanol–water partition coefficient (Wildman–Crippen LogP) is 1.00. The molecule has 0 saturated heterocycles. The van der Waals surface area contributed by atoms with Gasteiger partial charge < -0.3 is 0 Å². The normalized spacial score (nSPS) is 16.1. The molecule has 0 bridgehead atoms. The van der Waals surface area contributed by atoms with Crippen LogP contribution in [0, 0.1) is 3.70 Å². The van der Waals surface area contributed by atoms with Crippen LogP contribution in [0.1, 0.15) is 16.1 Å². The van der Waals surface area contributed by atoms with E-state index in [1.54, 1.807) is 22.9 Å². The molecule has 0 aromatic carbocycles. The van der Waals surface area contributed by atoms with Crippen molar-refractivity contribution in [1.82, 2.24) is 12.7 Å². The third-order valence-electron chi connectivity index (χ3n) is 1.89. The average Bonchev–Trinajstić information content (AvgIpc) is 2.38. The topological polar surface area (TPSA) is 55.2 Å². The fraction of sp³-hybridized carbons (Fsp3) is 0.167. The molecule has 1 atom stereocenters. The third-order valence-corrected chi connectivity index (χ3v) is 4.10. The van der Waals surface area contributed by atoms with Crippen LogP contribution in [0.2, 0.25) is 0 Å². The molecule has 1 unspecified atom stereocenters. The van der Waals surface area contributed by atoms with Gasteiger partial charge in [0.2, 0.25) is 5.91 Å². The minimum Gasteiger partial charge on any atom is -0.273 e. The van der Waals surface area contributed by atoms with Crippen molar-refractivity contribution in [2.24, 2.45) is 0 Å². The van der Waals surface area contributed by atoms with Crippen molar-refractivity contribution in [2.45, 2.75) is 6.42 Å². The fourth-order valence-electron chi connectivity index (χ4n) is 1.25. The minimum atomic E-state index is -0.303. The second-order valence-corrected chi connectivity index (χ2v) is 5.19. The summed E-state index contributed by atoms with van der Waals surface area (Å²) >= 11 is 3.73. The zero-order valence-corrected chi connectivity index (χ0v) is 12.2. The Labute approximate surface area is 109 Å². The summed E-state index contributed by atoms with van der Waals surface area (Å²) in [6.07, 6.45) is 0.247. The van der Waals surface area contributed by atoms with Gasteiger partial charge in [-0.1, -0.05) is 0 Å². The molecule has 14 heavy (non-hydrogen) atoms. The number of aromatic nitrogens is 2. The highest BCUT2D eigenvalue weighted by Gasteiger charge is 2.34. The Morgan fingerprint density at radius 3 is 2.71 bits per heavy atom. The fourth-order valence-corrected chi connectivity index (χ4v) is 2.95. The lowest BCUT2D eigenvalue weighted by Crippen LogP contribution is -2.35. The highest BCUT2D eigenvalue weighted by molar-refractivity contribution is 14.1. The van der Waals surface area contributed by atoms with Crippen molar-refractivity contribution in [3.05, 3.63) is 15.0 Å². The first-order valence-corrected chi connectivity index (χ1v) is 6.14. The molecule has 0 spiro atoms. The molecule has 0 radical (unpaired) electrons. The molecule has 5 nitrogen and oxygen atoms in total. The number of imide groups is 1. The van der Waals surface area contributed by atoms with Gasteiger partial charge >= 0.3 is 0 Å². The number of carbonyl (C=O) groups is 2. The van der Waals surface area contributed by atoms with Gasteiger partial charge in [-0.2, -0.15) is 5.10 Å². The van der Waals surface area contributed by atoms with Gasteiger partial charge in [0.1, 0.15) is 9.39 Å². The number of rotatable bonds is 0. The van der Waals surface area contributed by atoms with Crippen molar-refractivity contribution < 1.29 is 9.59 Å². The zero-order chi connectivity index (χ0) is 10.5. The first kappa shape index (κ1) is 10.7. The summed E-state index contributed by atoms with van der Waals surface area (Å²) < 4.78 is 3.24. The van der Waals surface area contributed by atoms with Crippen LogP contribution in [0.4, 0.5) is 0 Å². The second kappa shape index (κ2) is 3.67. The van der Waals surface area contributed by atoms with Gasteiger partial charge in [-0.15, -0.1) is 0 Å². The molecule has 0 N–H and O–H groups in total. The Bertz CT molecular complexity index is 445. The van der Waals surface area contributed by atoms with Crippen LogP contribution in [-0.2, 0) is 11.2 Å². The standard InChI is InChI=1S/C6H4I2N3O2P/c7-5-2-1-3(12)10(8)6(13)4(2)11(14)9-5/h1,14H2. The third kappa shape index (κ3) is 1.49. The number of amides is 2. The smallest absolute Gasteiger partial charge is 0.273 e. The van der Waals surface area contributed by atoms with Crippen molar-refractivity contribution >= 4 is 66.7 Å². The lowest BCUT2D eigenvalue weighted by Gasteiger charge is -2.18. The Morgan fingerprint density at radius 1 is 1.43 bits per heavy atom. The molecule has 2 rings (SSSR count). The molecule has 1 aliphatic heterocycles. The van der Waals surface area contributed by atoms with E-state index in [-0.39, 0.29) is 18.2 Å². The first-order chi connectivity index (χ1) is 6.52. The van der Waals surface area contributed by atoms with E-state index in [1.807, 2.05) is 22.6 Å². The van der Waals surface area contributed by atoms with E-state index in [9.17, 15) is 9.59 Å². The van der Waals surface area contributed by atoms with Gasteiger partial charge in [0.15, 0.2) is 0 Å². The first-order valence-electron chi connectivity index (χ1n) is 3.58. The number of nitrogens with zero attached hydrogens (tertiary/aromatic N) is 3. The van der Waals surface area contributed by atoms with Gasteiger partial charge in [-0.05, 0) is 32.0 Å². The van der Waals surface area contributed by atoms with Crippen molar-refractivity contribution in [3.63, 3.8) is 0 Å². The minimum absolute atomic E-state index is 0.195. The van der Waals surface area contributed by atoms with Crippen LogP contribution in [0.15, 0.2) is 0 Å². The molecular formula is C6H4I2N3O2P. The average molecular weight is 435 g/mol. The van der Waals surface area contributed by atoms with E-state index in [1.165, 1.54) is 4.45 Å². The summed E-state index contributed by atoms with van der Waals surface area (Å²) in [5.41, 5.74) is 1.21. The predicted molar refractivity (Wildman–Crippen MR) is 69.0 cm³/mol. The Hall–Kier alpha value is 0.240. The van der Waals surface area contributed by atoms with Crippen LogP contribution in [-0.4, -0.2) is 24.5 Å². The zero-order valence-electron chi connectivity index (χ0n) is 6.70.